The van der Waals surface area contributed by atoms with Gasteiger partial charge >= 0.3 is 5.92 Å². The van der Waals surface area contributed by atoms with Crippen LogP contribution < -0.4 is 0 Å². The molecule has 0 atom stereocenters. The molecule has 132 valence electrons. The van der Waals surface area contributed by atoms with Crippen molar-refractivity contribution in [3.63, 3.8) is 0 Å². The second kappa shape index (κ2) is 5.98. The molecule has 0 bridgehead atoms. The van der Waals surface area contributed by atoms with Crippen molar-refractivity contribution in [3.8, 4) is 0 Å². The summed E-state index contributed by atoms with van der Waals surface area (Å²) in [5, 5.41) is 0. The minimum atomic E-state index is -3.34. The summed E-state index contributed by atoms with van der Waals surface area (Å²) in [6.07, 6.45) is 2.34. The lowest BCUT2D eigenvalue weighted by Gasteiger charge is -2.31. The zero-order valence-corrected chi connectivity index (χ0v) is 14.1. The number of benzene rings is 1. The number of carbonyl (C=O) groups is 1. The smallest absolute Gasteiger partial charge is 0.318 e. The summed E-state index contributed by atoms with van der Waals surface area (Å²) in [7, 11) is 4.08. The molecule has 1 aromatic rings. The number of nitrogens with zero attached hydrogens (tertiary/aromatic N) is 2. The number of rotatable bonds is 3. The molecule has 0 saturated carbocycles. The number of para-hydroxylation sites is 1. The monoisotopic (exact) mass is 348 g/mol. The normalized spacial score (nSPS) is 22.8. The predicted molar refractivity (Wildman–Crippen MR) is 88.7 cm³/mol. The fraction of sp³-hybridized carbons (Fsp3) is 0.333. The first-order chi connectivity index (χ1) is 11.8. The van der Waals surface area contributed by atoms with Gasteiger partial charge in [-0.3, -0.25) is 4.79 Å². The van der Waals surface area contributed by atoms with E-state index in [-0.39, 0.29) is 23.9 Å². The maximum atomic E-state index is 15.3. The molecule has 0 unspecified atom stereocenters. The van der Waals surface area contributed by atoms with E-state index in [2.05, 4.69) is 4.99 Å². The number of ether oxygens (including phenoxy) is 2. The molecule has 25 heavy (non-hydrogen) atoms. The van der Waals surface area contributed by atoms with Crippen molar-refractivity contribution in [2.75, 3.05) is 27.8 Å². The van der Waals surface area contributed by atoms with E-state index < -0.39 is 17.1 Å². The second-order valence-corrected chi connectivity index (χ2v) is 6.00. The highest BCUT2D eigenvalue weighted by Gasteiger charge is 2.64. The Balaban J connectivity index is 2.13. The van der Waals surface area contributed by atoms with Crippen LogP contribution in [0.1, 0.15) is 0 Å². The molecule has 5 nitrogen and oxygen atoms in total. The first-order valence-electron chi connectivity index (χ1n) is 7.66. The van der Waals surface area contributed by atoms with Gasteiger partial charge in [0.2, 0.25) is 0 Å². The molecule has 7 heteroatoms. The van der Waals surface area contributed by atoms with Crippen LogP contribution in [0.4, 0.5) is 14.5 Å². The molecule has 0 radical (unpaired) electrons. The van der Waals surface area contributed by atoms with Crippen LogP contribution in [0.2, 0.25) is 0 Å². The fourth-order valence-electron chi connectivity index (χ4n) is 3.13. The Morgan fingerprint density at radius 2 is 1.64 bits per heavy atom. The third-order valence-electron chi connectivity index (χ3n) is 4.38. The Bertz CT molecular complexity index is 761. The van der Waals surface area contributed by atoms with Crippen LogP contribution in [0, 0.1) is 5.41 Å². The lowest BCUT2D eigenvalue weighted by molar-refractivity contribution is -0.118. The van der Waals surface area contributed by atoms with Gasteiger partial charge in [0.25, 0.3) is 5.78 Å². The van der Waals surface area contributed by atoms with Gasteiger partial charge in [0.05, 0.1) is 19.9 Å². The SMILES string of the molecule is COC1=CC2(C=C(OC)C1=O)CN(C)C(=Nc1ccccc1)C2(F)F. The Kier molecular flexibility index (Phi) is 4.10. The van der Waals surface area contributed by atoms with E-state index in [0.29, 0.717) is 5.69 Å². The van der Waals surface area contributed by atoms with Gasteiger partial charge in [-0.25, -0.2) is 4.99 Å². The van der Waals surface area contributed by atoms with Crippen molar-refractivity contribution in [1.82, 2.24) is 4.90 Å². The number of alkyl halides is 2. The first kappa shape index (κ1) is 17.1. The number of carbonyl (C=O) groups excluding carboxylic acids is 1. The number of aliphatic imine (C=N–C) groups is 1. The molecule has 0 aromatic heterocycles. The topological polar surface area (TPSA) is 51.1 Å². The second-order valence-electron chi connectivity index (χ2n) is 6.00. The molecule has 0 N–H and O–H groups in total. The van der Waals surface area contributed by atoms with E-state index in [1.54, 1.807) is 37.4 Å². The zero-order chi connectivity index (χ0) is 18.2. The highest BCUT2D eigenvalue weighted by Crippen LogP contribution is 2.50. The third kappa shape index (κ3) is 2.59. The summed E-state index contributed by atoms with van der Waals surface area (Å²) in [6.45, 7) is -0.0569. The number of hydrogen-bond donors (Lipinski definition) is 0. The van der Waals surface area contributed by atoms with Gasteiger partial charge in [-0.05, 0) is 24.3 Å². The lowest BCUT2D eigenvalue weighted by atomic mass is 9.78. The Morgan fingerprint density at radius 1 is 1.08 bits per heavy atom. The largest absolute Gasteiger partial charge is 0.493 e. The maximum absolute atomic E-state index is 15.3. The van der Waals surface area contributed by atoms with Gasteiger partial charge in [-0.15, -0.1) is 0 Å². The highest BCUT2D eigenvalue weighted by molar-refractivity contribution is 6.07. The van der Waals surface area contributed by atoms with Crippen LogP contribution in [-0.4, -0.2) is 50.3 Å². The third-order valence-corrected chi connectivity index (χ3v) is 4.38. The Labute approximate surface area is 144 Å². The summed E-state index contributed by atoms with van der Waals surface area (Å²) in [5.41, 5.74) is -1.33. The van der Waals surface area contributed by atoms with E-state index in [0.717, 1.165) is 0 Å². The summed E-state index contributed by atoms with van der Waals surface area (Å²) >= 11 is 0. The predicted octanol–water partition coefficient (Wildman–Crippen LogP) is 2.93. The number of Topliss-reactive ketones (excluding diaryl/α,β-unsaturated/α-hetero) is 1. The van der Waals surface area contributed by atoms with Crippen molar-refractivity contribution in [2.45, 2.75) is 5.92 Å². The zero-order valence-electron chi connectivity index (χ0n) is 14.1. The van der Waals surface area contributed by atoms with Gasteiger partial charge < -0.3 is 14.4 Å². The van der Waals surface area contributed by atoms with E-state index in [1.165, 1.54) is 31.3 Å². The van der Waals surface area contributed by atoms with Crippen molar-refractivity contribution in [3.05, 3.63) is 54.0 Å². The minimum absolute atomic E-state index is 0.0569. The van der Waals surface area contributed by atoms with Crippen LogP contribution in [0.15, 0.2) is 59.0 Å². The number of amidine groups is 1. The summed E-state index contributed by atoms with van der Waals surface area (Å²) in [5.74, 6) is -4.58. The standard InChI is InChI=1S/C18H18F2N2O3/c1-22-11-17(9-13(24-2)15(23)14(10-17)25-3)18(19,20)16(22)21-12-7-5-4-6-8-12/h4-10H,11H2,1-3H3. The van der Waals surface area contributed by atoms with Crippen molar-refractivity contribution in [2.24, 2.45) is 10.4 Å². The average molecular weight is 348 g/mol. The molecule has 2 aliphatic rings. The maximum Gasteiger partial charge on any atom is 0.318 e. The van der Waals surface area contributed by atoms with Crippen LogP contribution in [0.5, 0.6) is 0 Å². The highest BCUT2D eigenvalue weighted by atomic mass is 19.3. The summed E-state index contributed by atoms with van der Waals surface area (Å²) < 4.78 is 40.7. The summed E-state index contributed by atoms with van der Waals surface area (Å²) in [6, 6.07) is 8.55. The fourth-order valence-corrected chi connectivity index (χ4v) is 3.13. The van der Waals surface area contributed by atoms with Crippen LogP contribution in [0.3, 0.4) is 0 Å². The molecule has 1 fully saturated rings. The number of likely N-dealkylation sites (tertiary alicyclic amines) is 1. The number of hydrogen-bond acceptors (Lipinski definition) is 4. The van der Waals surface area contributed by atoms with Crippen LogP contribution in [-0.2, 0) is 14.3 Å². The van der Waals surface area contributed by atoms with Crippen LogP contribution in [0.25, 0.3) is 0 Å². The van der Waals surface area contributed by atoms with Crippen molar-refractivity contribution in [1.29, 1.82) is 0 Å². The van der Waals surface area contributed by atoms with E-state index in [9.17, 15) is 4.79 Å². The molecule has 1 aromatic carbocycles. The van der Waals surface area contributed by atoms with Gasteiger partial charge in [0.15, 0.2) is 17.4 Å². The minimum Gasteiger partial charge on any atom is -0.493 e. The molecule has 1 aliphatic carbocycles. The van der Waals surface area contributed by atoms with Crippen LogP contribution >= 0.6 is 0 Å². The van der Waals surface area contributed by atoms with Gasteiger partial charge in [0, 0.05) is 13.6 Å². The van der Waals surface area contributed by atoms with Gasteiger partial charge in [-0.1, -0.05) is 18.2 Å². The first-order valence-corrected chi connectivity index (χ1v) is 7.66. The molecule has 1 aliphatic heterocycles. The molecule has 1 spiro atoms. The van der Waals surface area contributed by atoms with Crippen molar-refractivity contribution >= 4 is 17.3 Å². The number of halogens is 2. The average Bonchev–Trinajstić information content (AvgIpc) is 2.77. The van der Waals surface area contributed by atoms with Gasteiger partial charge in [-0.2, -0.15) is 8.78 Å². The van der Waals surface area contributed by atoms with E-state index >= 15 is 8.78 Å². The number of ketones is 1. The Hall–Kier alpha value is -2.70. The molecule has 0 amide bonds. The number of methoxy groups -OCH3 is 2. The molecule has 1 saturated heterocycles. The molecule has 3 rings (SSSR count). The van der Waals surface area contributed by atoms with E-state index in [4.69, 9.17) is 9.47 Å². The van der Waals surface area contributed by atoms with Gasteiger partial charge in [0.1, 0.15) is 5.41 Å². The lowest BCUT2D eigenvalue weighted by Crippen LogP contribution is -2.42. The Morgan fingerprint density at radius 3 is 2.16 bits per heavy atom. The quantitative estimate of drug-likeness (QED) is 0.843. The molecular weight excluding hydrogens is 330 g/mol. The van der Waals surface area contributed by atoms with Crippen molar-refractivity contribution < 1.29 is 23.0 Å². The molecular formula is C18H18F2N2O3. The molecule has 1 heterocycles. The summed E-state index contributed by atoms with van der Waals surface area (Å²) in [4.78, 5) is 17.6. The van der Waals surface area contributed by atoms with E-state index in [1.807, 2.05) is 0 Å².